The number of allylic oxidation sites excluding steroid dienone is 2. The zero-order valence-electron chi connectivity index (χ0n) is 17.9. The molecule has 4 atom stereocenters. The lowest BCUT2D eigenvalue weighted by Gasteiger charge is -2.38. The zero-order valence-corrected chi connectivity index (χ0v) is 17.9. The zero-order chi connectivity index (χ0) is 21.5. The van der Waals surface area contributed by atoms with Crippen LogP contribution in [0.25, 0.3) is 10.8 Å². The smallest absolute Gasteiger partial charge is 0.251 e. The first-order valence-corrected chi connectivity index (χ1v) is 11.2. The molecule has 4 unspecified atom stereocenters. The van der Waals surface area contributed by atoms with Crippen molar-refractivity contribution in [2.75, 3.05) is 5.32 Å². The molecule has 0 saturated heterocycles. The van der Waals surface area contributed by atoms with Crippen molar-refractivity contribution in [3.05, 3.63) is 83.4 Å². The Morgan fingerprint density at radius 3 is 2.87 bits per heavy atom. The van der Waals surface area contributed by atoms with Gasteiger partial charge in [0.1, 0.15) is 5.75 Å². The largest absolute Gasteiger partial charge is 0.508 e. The van der Waals surface area contributed by atoms with Gasteiger partial charge in [-0.1, -0.05) is 49.4 Å². The van der Waals surface area contributed by atoms with Gasteiger partial charge in [0.25, 0.3) is 5.91 Å². The molecule has 0 radical (unpaired) electrons. The molecule has 1 heterocycles. The lowest BCUT2D eigenvalue weighted by molar-refractivity contribution is 0.0939. The molecule has 1 aliphatic heterocycles. The van der Waals surface area contributed by atoms with Gasteiger partial charge in [0.15, 0.2) is 0 Å². The van der Waals surface area contributed by atoms with Crippen molar-refractivity contribution in [1.29, 1.82) is 0 Å². The van der Waals surface area contributed by atoms with Crippen LogP contribution in [-0.4, -0.2) is 17.1 Å². The third-order valence-corrected chi connectivity index (χ3v) is 6.87. The Balaban J connectivity index is 1.56. The van der Waals surface area contributed by atoms with E-state index in [4.69, 9.17) is 0 Å². The third-order valence-electron chi connectivity index (χ3n) is 6.87. The molecule has 0 fully saturated rings. The van der Waals surface area contributed by atoms with E-state index in [1.165, 1.54) is 0 Å². The van der Waals surface area contributed by atoms with Gasteiger partial charge in [0.05, 0.1) is 6.04 Å². The van der Waals surface area contributed by atoms with Gasteiger partial charge >= 0.3 is 0 Å². The van der Waals surface area contributed by atoms with Gasteiger partial charge in [-0.2, -0.15) is 0 Å². The number of benzene rings is 3. The average molecular weight is 413 g/mol. The standard InChI is InChI=1S/C27H28N2O2/c1-3-16(2)28-27(31)18-11-13-23-22(15-18)20-9-6-10-21(20)26(29-23)25-19-8-5-4-7-17(19)12-14-24(25)30/h4-9,11-16,20-21,26,29-30H,3,10H2,1-2H3,(H,28,31). The van der Waals surface area contributed by atoms with Gasteiger partial charge in [-0.25, -0.2) is 0 Å². The Morgan fingerprint density at radius 2 is 2.03 bits per heavy atom. The van der Waals surface area contributed by atoms with Gasteiger partial charge in [-0.3, -0.25) is 4.79 Å². The number of anilines is 1. The Hall–Kier alpha value is -3.27. The third kappa shape index (κ3) is 3.36. The molecule has 0 saturated carbocycles. The van der Waals surface area contributed by atoms with Crippen LogP contribution in [-0.2, 0) is 0 Å². The molecule has 0 spiro atoms. The average Bonchev–Trinajstić information content (AvgIpc) is 3.28. The number of rotatable bonds is 4. The summed E-state index contributed by atoms with van der Waals surface area (Å²) in [4.78, 5) is 12.7. The van der Waals surface area contributed by atoms with Crippen molar-refractivity contribution in [2.24, 2.45) is 5.92 Å². The van der Waals surface area contributed by atoms with Crippen LogP contribution in [0.2, 0.25) is 0 Å². The number of fused-ring (bicyclic) bond motifs is 4. The van der Waals surface area contributed by atoms with Gasteiger partial charge in [-0.05, 0) is 66.3 Å². The van der Waals surface area contributed by atoms with E-state index in [2.05, 4.69) is 41.8 Å². The van der Waals surface area contributed by atoms with Crippen molar-refractivity contribution in [2.45, 2.75) is 44.7 Å². The van der Waals surface area contributed by atoms with Crippen LogP contribution in [0.4, 0.5) is 5.69 Å². The Kier molecular flexibility index (Phi) is 4.93. The SMILES string of the molecule is CCC(C)NC(=O)c1ccc2c(c1)C1C=CCC1C(c1c(O)ccc3ccccc13)N2. The fourth-order valence-electron chi connectivity index (χ4n) is 5.04. The van der Waals surface area contributed by atoms with Crippen LogP contribution >= 0.6 is 0 Å². The summed E-state index contributed by atoms with van der Waals surface area (Å²) >= 11 is 0. The molecule has 2 aliphatic rings. The van der Waals surface area contributed by atoms with Crippen LogP contribution in [0, 0.1) is 5.92 Å². The predicted octanol–water partition coefficient (Wildman–Crippen LogP) is 5.90. The molecule has 4 nitrogen and oxygen atoms in total. The van der Waals surface area contributed by atoms with Crippen LogP contribution in [0.3, 0.4) is 0 Å². The molecule has 5 rings (SSSR count). The van der Waals surface area contributed by atoms with Crippen molar-refractivity contribution in [3.63, 3.8) is 0 Å². The molecular formula is C27H28N2O2. The highest BCUT2D eigenvalue weighted by atomic mass is 16.3. The van der Waals surface area contributed by atoms with Crippen molar-refractivity contribution >= 4 is 22.4 Å². The van der Waals surface area contributed by atoms with E-state index in [-0.39, 0.29) is 29.8 Å². The first kappa shape index (κ1) is 19.7. The van der Waals surface area contributed by atoms with Crippen LogP contribution in [0.5, 0.6) is 5.75 Å². The summed E-state index contributed by atoms with van der Waals surface area (Å²) in [5, 5.41) is 19.8. The van der Waals surface area contributed by atoms with E-state index in [0.717, 1.165) is 40.4 Å². The topological polar surface area (TPSA) is 61.4 Å². The summed E-state index contributed by atoms with van der Waals surface area (Å²) in [6.45, 7) is 4.09. The summed E-state index contributed by atoms with van der Waals surface area (Å²) in [7, 11) is 0. The lowest BCUT2D eigenvalue weighted by Crippen LogP contribution is -2.33. The summed E-state index contributed by atoms with van der Waals surface area (Å²) in [6.07, 6.45) is 6.33. The van der Waals surface area contributed by atoms with E-state index in [1.807, 2.05) is 43.3 Å². The molecule has 3 aromatic carbocycles. The van der Waals surface area contributed by atoms with Crippen LogP contribution in [0.1, 0.15) is 60.1 Å². The van der Waals surface area contributed by atoms with Crippen LogP contribution in [0.15, 0.2) is 66.7 Å². The second-order valence-corrected chi connectivity index (χ2v) is 8.78. The summed E-state index contributed by atoms with van der Waals surface area (Å²) in [5.41, 5.74) is 3.85. The highest BCUT2D eigenvalue weighted by Crippen LogP contribution is 2.52. The van der Waals surface area contributed by atoms with Crippen LogP contribution < -0.4 is 10.6 Å². The number of hydrogen-bond donors (Lipinski definition) is 3. The summed E-state index contributed by atoms with van der Waals surface area (Å²) in [5.74, 6) is 0.812. The molecular weight excluding hydrogens is 384 g/mol. The van der Waals surface area contributed by atoms with E-state index in [0.29, 0.717) is 11.3 Å². The monoisotopic (exact) mass is 412 g/mol. The lowest BCUT2D eigenvalue weighted by atomic mass is 9.75. The number of carbonyl (C=O) groups is 1. The molecule has 4 heteroatoms. The fourth-order valence-corrected chi connectivity index (χ4v) is 5.04. The van der Waals surface area contributed by atoms with Crippen molar-refractivity contribution in [3.8, 4) is 5.75 Å². The van der Waals surface area contributed by atoms with Gasteiger partial charge in [0.2, 0.25) is 0 Å². The van der Waals surface area contributed by atoms with Gasteiger partial charge in [0, 0.05) is 28.8 Å². The maximum atomic E-state index is 12.7. The number of nitrogens with one attached hydrogen (secondary N) is 2. The van der Waals surface area contributed by atoms with E-state index in [1.54, 1.807) is 6.07 Å². The second kappa shape index (κ2) is 7.77. The molecule has 0 bridgehead atoms. The first-order chi connectivity index (χ1) is 15.1. The minimum Gasteiger partial charge on any atom is -0.508 e. The number of phenolic OH excluding ortho intramolecular Hbond substituents is 1. The Morgan fingerprint density at radius 1 is 1.19 bits per heavy atom. The Bertz CT molecular complexity index is 1180. The normalized spacial score (nSPS) is 22.5. The fraction of sp³-hybridized carbons (Fsp3) is 0.296. The molecule has 3 N–H and O–H groups in total. The maximum absolute atomic E-state index is 12.7. The minimum absolute atomic E-state index is 0.00149. The van der Waals surface area contributed by atoms with Crippen molar-refractivity contribution in [1.82, 2.24) is 5.32 Å². The molecule has 1 aliphatic carbocycles. The van der Waals surface area contributed by atoms with Crippen molar-refractivity contribution < 1.29 is 9.90 Å². The quantitative estimate of drug-likeness (QED) is 0.468. The summed E-state index contributed by atoms with van der Waals surface area (Å²) in [6, 6.07) is 18.1. The van der Waals surface area contributed by atoms with Gasteiger partial charge in [-0.15, -0.1) is 0 Å². The number of phenols is 1. The maximum Gasteiger partial charge on any atom is 0.251 e. The first-order valence-electron chi connectivity index (χ1n) is 11.2. The highest BCUT2D eigenvalue weighted by molar-refractivity contribution is 5.95. The number of hydrogen-bond acceptors (Lipinski definition) is 3. The summed E-state index contributed by atoms with van der Waals surface area (Å²) < 4.78 is 0. The Labute approximate surface area is 183 Å². The highest BCUT2D eigenvalue weighted by Gasteiger charge is 2.39. The second-order valence-electron chi connectivity index (χ2n) is 8.78. The number of aromatic hydroxyl groups is 1. The molecule has 31 heavy (non-hydrogen) atoms. The van der Waals surface area contributed by atoms with E-state index in [9.17, 15) is 9.90 Å². The number of amides is 1. The van der Waals surface area contributed by atoms with E-state index >= 15 is 0 Å². The molecule has 1 amide bonds. The molecule has 158 valence electrons. The molecule has 3 aromatic rings. The molecule has 0 aromatic heterocycles. The van der Waals surface area contributed by atoms with E-state index < -0.39 is 0 Å². The predicted molar refractivity (Wildman–Crippen MR) is 126 cm³/mol. The van der Waals surface area contributed by atoms with Gasteiger partial charge < -0.3 is 15.7 Å². The number of carbonyl (C=O) groups excluding carboxylic acids is 1. The minimum atomic E-state index is -0.0236.